The van der Waals surface area contributed by atoms with E-state index in [4.69, 9.17) is 10.5 Å². The molecular formula is C13H15Cl2N5O2. The lowest BCUT2D eigenvalue weighted by atomic mass is 10.2. The second-order valence-corrected chi connectivity index (χ2v) is 4.34. The van der Waals surface area contributed by atoms with Gasteiger partial charge in [-0.05, 0) is 17.7 Å². The first-order valence-electron chi connectivity index (χ1n) is 6.01. The fourth-order valence-corrected chi connectivity index (χ4v) is 2.05. The minimum atomic E-state index is -0.293. The molecule has 0 atom stereocenters. The number of nitrogens with zero attached hydrogens (tertiary/aromatic N) is 3. The summed E-state index contributed by atoms with van der Waals surface area (Å²) in [6.07, 6.45) is 1.58. The zero-order valence-corrected chi connectivity index (χ0v) is 13.3. The number of nitrogens with two attached hydrogens (primary N) is 1. The van der Waals surface area contributed by atoms with Crippen LogP contribution in [0.1, 0.15) is 5.56 Å². The number of nitrogen functional groups attached to an aromatic ring is 1. The van der Waals surface area contributed by atoms with E-state index in [1.807, 2.05) is 24.3 Å². The van der Waals surface area contributed by atoms with Crippen molar-refractivity contribution >= 4 is 41.9 Å². The van der Waals surface area contributed by atoms with Crippen molar-refractivity contribution < 1.29 is 4.74 Å². The molecule has 0 aliphatic carbocycles. The molecule has 3 rings (SSSR count). The van der Waals surface area contributed by atoms with E-state index < -0.39 is 0 Å². The number of aromatic nitrogens is 4. The Balaban J connectivity index is 0.00000121. The van der Waals surface area contributed by atoms with Crippen molar-refractivity contribution in [3.8, 4) is 5.75 Å². The predicted octanol–water partition coefficient (Wildman–Crippen LogP) is 1.60. The molecule has 22 heavy (non-hydrogen) atoms. The minimum Gasteiger partial charge on any atom is -0.497 e. The second-order valence-electron chi connectivity index (χ2n) is 4.34. The van der Waals surface area contributed by atoms with Crippen LogP contribution in [0.15, 0.2) is 35.4 Å². The van der Waals surface area contributed by atoms with Gasteiger partial charge in [0.25, 0.3) is 5.56 Å². The maximum Gasteiger partial charge on any atom is 0.278 e. The topological polar surface area (TPSA) is 98.8 Å². The Kier molecular flexibility index (Phi) is 5.78. The molecule has 9 heteroatoms. The summed E-state index contributed by atoms with van der Waals surface area (Å²) in [6.45, 7) is 0.523. The Bertz CT molecular complexity index is 813. The van der Waals surface area contributed by atoms with Crippen molar-refractivity contribution in [3.05, 3.63) is 46.5 Å². The van der Waals surface area contributed by atoms with E-state index in [0.29, 0.717) is 17.7 Å². The van der Waals surface area contributed by atoms with Gasteiger partial charge in [0.2, 0.25) is 5.95 Å². The van der Waals surface area contributed by atoms with Gasteiger partial charge in [-0.25, -0.2) is 4.98 Å². The zero-order valence-electron chi connectivity index (χ0n) is 11.6. The van der Waals surface area contributed by atoms with Gasteiger partial charge in [0.05, 0.1) is 13.4 Å². The molecule has 0 aliphatic heterocycles. The molecule has 0 radical (unpaired) electrons. The van der Waals surface area contributed by atoms with Gasteiger partial charge in [-0.2, -0.15) is 4.98 Å². The summed E-state index contributed by atoms with van der Waals surface area (Å²) in [5.41, 5.74) is 6.98. The Hall–Kier alpha value is -2.25. The molecule has 1 aromatic carbocycles. The first kappa shape index (κ1) is 17.8. The van der Waals surface area contributed by atoms with Crippen LogP contribution in [0.2, 0.25) is 0 Å². The van der Waals surface area contributed by atoms with Gasteiger partial charge in [0.1, 0.15) is 5.75 Å². The SMILES string of the molecule is COc1ccc(Cn2cnc3nc(N)[nH]c(=O)c32)cc1.Cl.Cl. The number of anilines is 1. The zero-order chi connectivity index (χ0) is 14.1. The number of hydrogen-bond acceptors (Lipinski definition) is 5. The van der Waals surface area contributed by atoms with Crippen LogP contribution in [0.3, 0.4) is 0 Å². The van der Waals surface area contributed by atoms with Crippen LogP contribution in [0.25, 0.3) is 11.2 Å². The average molecular weight is 344 g/mol. The van der Waals surface area contributed by atoms with Gasteiger partial charge in [-0.1, -0.05) is 12.1 Å². The highest BCUT2D eigenvalue weighted by Gasteiger charge is 2.09. The third-order valence-corrected chi connectivity index (χ3v) is 3.01. The van der Waals surface area contributed by atoms with Crippen molar-refractivity contribution in [2.75, 3.05) is 12.8 Å². The highest BCUT2D eigenvalue weighted by Crippen LogP contribution is 2.14. The van der Waals surface area contributed by atoms with Crippen LogP contribution in [-0.2, 0) is 6.54 Å². The lowest BCUT2D eigenvalue weighted by Gasteiger charge is -2.05. The number of fused-ring (bicyclic) bond motifs is 1. The number of halogens is 2. The van der Waals surface area contributed by atoms with E-state index in [0.717, 1.165) is 11.3 Å². The van der Waals surface area contributed by atoms with Crippen LogP contribution >= 0.6 is 24.8 Å². The summed E-state index contributed by atoms with van der Waals surface area (Å²) >= 11 is 0. The Morgan fingerprint density at radius 3 is 2.59 bits per heavy atom. The normalized spacial score (nSPS) is 9.86. The molecule has 3 aromatic rings. The molecule has 0 fully saturated rings. The number of benzene rings is 1. The lowest BCUT2D eigenvalue weighted by molar-refractivity contribution is 0.414. The molecule has 0 spiro atoms. The van der Waals surface area contributed by atoms with E-state index in [-0.39, 0.29) is 36.3 Å². The first-order chi connectivity index (χ1) is 9.67. The smallest absolute Gasteiger partial charge is 0.278 e. The maximum atomic E-state index is 11.9. The number of ether oxygens (including phenoxy) is 1. The van der Waals surface area contributed by atoms with Crippen molar-refractivity contribution in [3.63, 3.8) is 0 Å². The lowest BCUT2D eigenvalue weighted by Crippen LogP contribution is -2.14. The van der Waals surface area contributed by atoms with Crippen LogP contribution < -0.4 is 16.0 Å². The van der Waals surface area contributed by atoms with Crippen LogP contribution in [0.5, 0.6) is 5.75 Å². The monoisotopic (exact) mass is 343 g/mol. The fraction of sp³-hybridized carbons (Fsp3) is 0.154. The fourth-order valence-electron chi connectivity index (χ4n) is 2.05. The van der Waals surface area contributed by atoms with E-state index in [2.05, 4.69) is 15.0 Å². The largest absolute Gasteiger partial charge is 0.497 e. The molecule has 0 aliphatic rings. The van der Waals surface area contributed by atoms with E-state index in [1.54, 1.807) is 18.0 Å². The second kappa shape index (κ2) is 7.15. The Labute approximate surface area is 138 Å². The summed E-state index contributed by atoms with van der Waals surface area (Å²) in [4.78, 5) is 22.5. The molecule has 2 aromatic heterocycles. The summed E-state index contributed by atoms with van der Waals surface area (Å²) in [5.74, 6) is 0.855. The van der Waals surface area contributed by atoms with Crippen LogP contribution in [0, 0.1) is 0 Å². The molecule has 0 unspecified atom stereocenters. The standard InChI is InChI=1S/C13H13N5O2.2ClH/c1-20-9-4-2-8(3-5-9)6-18-7-15-11-10(18)12(19)17-13(14)16-11;;/h2-5,7H,6H2,1H3,(H3,14,16,17,19);2*1H. The molecule has 3 N–H and O–H groups in total. The highest BCUT2D eigenvalue weighted by molar-refractivity contribution is 5.85. The van der Waals surface area contributed by atoms with Crippen LogP contribution in [0.4, 0.5) is 5.95 Å². The third-order valence-electron chi connectivity index (χ3n) is 3.01. The number of nitrogens with one attached hydrogen (secondary N) is 1. The molecule has 0 saturated heterocycles. The highest BCUT2D eigenvalue weighted by atomic mass is 35.5. The van der Waals surface area contributed by atoms with Crippen molar-refractivity contribution in [2.45, 2.75) is 6.54 Å². The van der Waals surface area contributed by atoms with Gasteiger partial charge >= 0.3 is 0 Å². The molecule has 0 amide bonds. The average Bonchev–Trinajstić information content (AvgIpc) is 2.82. The van der Waals surface area contributed by atoms with E-state index in [1.165, 1.54) is 0 Å². The number of imidazole rings is 1. The molecular weight excluding hydrogens is 329 g/mol. The minimum absolute atomic E-state index is 0. The van der Waals surface area contributed by atoms with Crippen molar-refractivity contribution in [2.24, 2.45) is 0 Å². The summed E-state index contributed by atoms with van der Waals surface area (Å²) in [5, 5.41) is 0. The number of aromatic amines is 1. The van der Waals surface area contributed by atoms with Crippen molar-refractivity contribution in [1.82, 2.24) is 19.5 Å². The molecule has 0 saturated carbocycles. The van der Waals surface area contributed by atoms with Crippen molar-refractivity contribution in [1.29, 1.82) is 0 Å². The Morgan fingerprint density at radius 2 is 1.95 bits per heavy atom. The summed E-state index contributed by atoms with van der Waals surface area (Å²) < 4.78 is 6.85. The predicted molar refractivity (Wildman–Crippen MR) is 89.2 cm³/mol. The van der Waals surface area contributed by atoms with Gasteiger partial charge in [-0.15, -0.1) is 24.8 Å². The van der Waals surface area contributed by atoms with Gasteiger partial charge in [0.15, 0.2) is 11.2 Å². The molecule has 118 valence electrons. The van der Waals surface area contributed by atoms with Gasteiger partial charge < -0.3 is 15.0 Å². The van der Waals surface area contributed by atoms with E-state index >= 15 is 0 Å². The number of hydrogen-bond donors (Lipinski definition) is 2. The first-order valence-corrected chi connectivity index (χ1v) is 6.01. The van der Waals surface area contributed by atoms with Gasteiger partial charge in [-0.3, -0.25) is 9.78 Å². The molecule has 2 heterocycles. The summed E-state index contributed by atoms with van der Waals surface area (Å²) in [6, 6.07) is 7.61. The Morgan fingerprint density at radius 1 is 1.27 bits per heavy atom. The van der Waals surface area contributed by atoms with Gasteiger partial charge in [0, 0.05) is 6.54 Å². The maximum absolute atomic E-state index is 11.9. The quantitative estimate of drug-likeness (QED) is 0.752. The molecule has 0 bridgehead atoms. The number of methoxy groups -OCH3 is 1. The third kappa shape index (κ3) is 3.32. The number of rotatable bonds is 3. The van der Waals surface area contributed by atoms with E-state index in [9.17, 15) is 4.79 Å². The van der Waals surface area contributed by atoms with Crippen LogP contribution in [-0.4, -0.2) is 26.6 Å². The number of H-pyrrole nitrogens is 1. The summed E-state index contributed by atoms with van der Waals surface area (Å²) in [7, 11) is 1.62. The molecule has 7 nitrogen and oxygen atoms in total.